The van der Waals surface area contributed by atoms with Crippen molar-refractivity contribution in [3.8, 4) is 0 Å². The van der Waals surface area contributed by atoms with Crippen molar-refractivity contribution in [1.82, 2.24) is 15.5 Å². The Labute approximate surface area is 131 Å². The molecule has 0 bridgehead atoms. The molecule has 0 spiro atoms. The molecule has 3 rings (SSSR count). The lowest BCUT2D eigenvalue weighted by atomic mass is 10.2. The van der Waals surface area contributed by atoms with Crippen molar-refractivity contribution in [2.75, 3.05) is 0 Å². The van der Waals surface area contributed by atoms with Crippen molar-refractivity contribution in [2.24, 2.45) is 0 Å². The Morgan fingerprint density at radius 3 is 2.91 bits per heavy atom. The number of fused-ring (bicyclic) bond motifs is 1. The first-order valence-corrected chi connectivity index (χ1v) is 7.09. The highest BCUT2D eigenvalue weighted by Gasteiger charge is 2.22. The summed E-state index contributed by atoms with van der Waals surface area (Å²) in [5.41, 5.74) is 0.889. The van der Waals surface area contributed by atoms with E-state index in [0.717, 1.165) is 5.52 Å². The van der Waals surface area contributed by atoms with E-state index in [1.54, 1.807) is 30.3 Å². The second kappa shape index (κ2) is 6.35. The molecule has 2 heterocycles. The van der Waals surface area contributed by atoms with Gasteiger partial charge in [-0.2, -0.15) is 5.10 Å². The first-order valence-electron chi connectivity index (χ1n) is 7.09. The van der Waals surface area contributed by atoms with E-state index in [4.69, 9.17) is 9.15 Å². The second-order valence-electron chi connectivity index (χ2n) is 4.96. The third-order valence-corrected chi connectivity index (χ3v) is 3.33. The van der Waals surface area contributed by atoms with Crippen molar-refractivity contribution in [3.05, 3.63) is 54.1 Å². The lowest BCUT2D eigenvalue weighted by molar-refractivity contribution is -0.129. The number of rotatable bonds is 5. The van der Waals surface area contributed by atoms with Crippen LogP contribution in [0.4, 0.5) is 0 Å². The standard InChI is InChI=1S/C16H15N3O4/c1-10(15(20)17-9-11-5-4-8-22-11)23-16(21)14-12-6-2-3-7-13(12)18-19-14/h2-8,10H,9H2,1H3,(H,17,20)(H,18,19)/t10-/m1/s1. The van der Waals surface area contributed by atoms with Crippen molar-refractivity contribution >= 4 is 22.8 Å². The normalized spacial score (nSPS) is 12.0. The van der Waals surface area contributed by atoms with Crippen LogP contribution in [0.15, 0.2) is 47.1 Å². The number of para-hydroxylation sites is 1. The van der Waals surface area contributed by atoms with E-state index in [1.807, 2.05) is 6.07 Å². The average Bonchev–Trinajstić information content (AvgIpc) is 3.21. The zero-order chi connectivity index (χ0) is 16.2. The molecular weight excluding hydrogens is 298 g/mol. The largest absolute Gasteiger partial charge is 0.467 e. The predicted octanol–water partition coefficient (Wildman–Crippen LogP) is 2.02. The number of benzene rings is 1. The van der Waals surface area contributed by atoms with Gasteiger partial charge in [-0.25, -0.2) is 4.79 Å². The van der Waals surface area contributed by atoms with Crippen LogP contribution in [0.5, 0.6) is 0 Å². The first kappa shape index (κ1) is 14.8. The molecule has 1 atom stereocenters. The van der Waals surface area contributed by atoms with Crippen LogP contribution in [0.1, 0.15) is 23.2 Å². The Hall–Kier alpha value is -3.09. The van der Waals surface area contributed by atoms with Crippen molar-refractivity contribution < 1.29 is 18.7 Å². The molecule has 7 nitrogen and oxygen atoms in total. The van der Waals surface area contributed by atoms with Gasteiger partial charge in [0.1, 0.15) is 5.76 Å². The molecule has 1 amide bonds. The van der Waals surface area contributed by atoms with Gasteiger partial charge in [0.05, 0.1) is 18.3 Å². The van der Waals surface area contributed by atoms with Gasteiger partial charge in [-0.05, 0) is 25.1 Å². The lowest BCUT2D eigenvalue weighted by Crippen LogP contribution is -2.35. The summed E-state index contributed by atoms with van der Waals surface area (Å²) in [6.45, 7) is 1.74. The Bertz CT molecular complexity index is 823. The number of aromatic amines is 1. The summed E-state index contributed by atoms with van der Waals surface area (Å²) in [7, 11) is 0. The second-order valence-corrected chi connectivity index (χ2v) is 4.96. The van der Waals surface area contributed by atoms with Gasteiger partial charge in [-0.3, -0.25) is 9.89 Å². The number of esters is 1. The Morgan fingerprint density at radius 1 is 1.30 bits per heavy atom. The van der Waals surface area contributed by atoms with Gasteiger partial charge in [0, 0.05) is 5.39 Å². The minimum Gasteiger partial charge on any atom is -0.467 e. The molecule has 0 aliphatic heterocycles. The van der Waals surface area contributed by atoms with Crippen molar-refractivity contribution in [1.29, 1.82) is 0 Å². The van der Waals surface area contributed by atoms with Gasteiger partial charge >= 0.3 is 5.97 Å². The molecule has 0 aliphatic rings. The van der Waals surface area contributed by atoms with E-state index >= 15 is 0 Å². The average molecular weight is 313 g/mol. The van der Waals surface area contributed by atoms with Gasteiger partial charge < -0.3 is 14.5 Å². The van der Waals surface area contributed by atoms with Gasteiger partial charge in [-0.15, -0.1) is 0 Å². The number of hydrogen-bond donors (Lipinski definition) is 2. The first-order chi connectivity index (χ1) is 11.1. The van der Waals surface area contributed by atoms with Crippen LogP contribution in [-0.2, 0) is 16.1 Å². The van der Waals surface area contributed by atoms with Gasteiger partial charge in [0.25, 0.3) is 5.91 Å². The fourth-order valence-corrected chi connectivity index (χ4v) is 2.12. The number of H-pyrrole nitrogens is 1. The predicted molar refractivity (Wildman–Crippen MR) is 81.5 cm³/mol. The molecule has 0 saturated carbocycles. The number of carbonyl (C=O) groups is 2. The maximum absolute atomic E-state index is 12.2. The third-order valence-electron chi connectivity index (χ3n) is 3.33. The van der Waals surface area contributed by atoms with Crippen LogP contribution in [0.2, 0.25) is 0 Å². The molecule has 0 saturated heterocycles. The van der Waals surface area contributed by atoms with Gasteiger partial charge in [0.15, 0.2) is 11.8 Å². The zero-order valence-corrected chi connectivity index (χ0v) is 12.4. The lowest BCUT2D eigenvalue weighted by Gasteiger charge is -2.12. The van der Waals surface area contributed by atoms with Crippen LogP contribution in [0.3, 0.4) is 0 Å². The molecule has 3 aromatic rings. The Kier molecular flexibility index (Phi) is 4.09. The number of nitrogens with zero attached hydrogens (tertiary/aromatic N) is 1. The van der Waals surface area contributed by atoms with E-state index in [0.29, 0.717) is 11.1 Å². The number of furan rings is 1. The third kappa shape index (κ3) is 3.23. The molecular formula is C16H15N3O4. The number of nitrogens with one attached hydrogen (secondary N) is 2. The van der Waals surface area contributed by atoms with E-state index in [-0.39, 0.29) is 12.2 Å². The SMILES string of the molecule is C[C@@H](OC(=O)c1n[nH]c2ccccc12)C(=O)NCc1ccco1. The van der Waals surface area contributed by atoms with Gasteiger partial charge in [-0.1, -0.05) is 18.2 Å². The highest BCUT2D eigenvalue weighted by atomic mass is 16.5. The van der Waals surface area contributed by atoms with E-state index in [9.17, 15) is 9.59 Å². The minimum atomic E-state index is -0.937. The quantitative estimate of drug-likeness (QED) is 0.702. The van der Waals surface area contributed by atoms with Crippen LogP contribution in [0.25, 0.3) is 10.9 Å². The van der Waals surface area contributed by atoms with E-state index in [1.165, 1.54) is 13.2 Å². The Morgan fingerprint density at radius 2 is 2.13 bits per heavy atom. The summed E-state index contributed by atoms with van der Waals surface area (Å²) in [4.78, 5) is 24.1. The number of carbonyl (C=O) groups excluding carboxylic acids is 2. The van der Waals surface area contributed by atoms with Crippen LogP contribution in [0, 0.1) is 0 Å². The molecule has 0 unspecified atom stereocenters. The number of aromatic nitrogens is 2. The summed E-state index contributed by atoms with van der Waals surface area (Å²) >= 11 is 0. The van der Waals surface area contributed by atoms with E-state index < -0.39 is 18.0 Å². The minimum absolute atomic E-state index is 0.159. The van der Waals surface area contributed by atoms with Crippen LogP contribution in [-0.4, -0.2) is 28.2 Å². The molecule has 118 valence electrons. The molecule has 1 aromatic carbocycles. The number of amides is 1. The van der Waals surface area contributed by atoms with Crippen LogP contribution >= 0.6 is 0 Å². The summed E-state index contributed by atoms with van der Waals surface area (Å²) in [5, 5.41) is 9.99. The van der Waals surface area contributed by atoms with Crippen molar-refractivity contribution in [3.63, 3.8) is 0 Å². The smallest absolute Gasteiger partial charge is 0.360 e. The molecule has 0 radical (unpaired) electrons. The molecule has 2 aromatic heterocycles. The number of hydrogen-bond acceptors (Lipinski definition) is 5. The summed E-state index contributed by atoms with van der Waals surface area (Å²) < 4.78 is 10.3. The molecule has 23 heavy (non-hydrogen) atoms. The van der Waals surface area contributed by atoms with E-state index in [2.05, 4.69) is 15.5 Å². The fraction of sp³-hybridized carbons (Fsp3) is 0.188. The maximum atomic E-state index is 12.2. The Balaban J connectivity index is 1.61. The maximum Gasteiger partial charge on any atom is 0.360 e. The topological polar surface area (TPSA) is 97.2 Å². The molecule has 2 N–H and O–H groups in total. The highest BCUT2D eigenvalue weighted by Crippen LogP contribution is 2.16. The van der Waals surface area contributed by atoms with Crippen LogP contribution < -0.4 is 5.32 Å². The van der Waals surface area contributed by atoms with Gasteiger partial charge in [0.2, 0.25) is 0 Å². The van der Waals surface area contributed by atoms with Crippen molar-refractivity contribution in [2.45, 2.75) is 19.6 Å². The summed E-state index contributed by atoms with van der Waals surface area (Å²) in [5.74, 6) is -0.437. The fourth-order valence-electron chi connectivity index (χ4n) is 2.12. The molecule has 7 heteroatoms. The summed E-state index contributed by atoms with van der Waals surface area (Å²) in [6, 6.07) is 10.7. The molecule has 0 fully saturated rings. The monoisotopic (exact) mass is 313 g/mol. The highest BCUT2D eigenvalue weighted by molar-refractivity contribution is 6.02. The summed E-state index contributed by atoms with van der Waals surface area (Å²) in [6.07, 6.45) is 0.584. The zero-order valence-electron chi connectivity index (χ0n) is 12.4. The number of ether oxygens (including phenoxy) is 1. The molecule has 0 aliphatic carbocycles.